The highest BCUT2D eigenvalue weighted by Gasteiger charge is 2.10. The zero-order valence-electron chi connectivity index (χ0n) is 16.9. The highest BCUT2D eigenvalue weighted by molar-refractivity contribution is 5.65. The Morgan fingerprint density at radius 1 is 0.615 bits per heavy atom. The third-order valence-electron chi connectivity index (χ3n) is 4.45. The second-order valence-electron chi connectivity index (χ2n) is 6.77. The molecule has 0 saturated carbocycles. The van der Waals surface area contributed by atoms with E-state index in [2.05, 4.69) is 71.7 Å². The van der Waals surface area contributed by atoms with E-state index >= 15 is 0 Å². The lowest BCUT2D eigenvalue weighted by atomic mass is 10.2. The maximum Gasteiger partial charge on any atom is 0.0907 e. The molecular formula is C22H34N4. The van der Waals surface area contributed by atoms with Gasteiger partial charge in [-0.1, -0.05) is 27.7 Å². The fraction of sp³-hybridized carbons (Fsp3) is 0.545. The number of anilines is 2. The van der Waals surface area contributed by atoms with Crippen LogP contribution < -0.4 is 9.80 Å². The highest BCUT2D eigenvalue weighted by atomic mass is 15.1. The van der Waals surface area contributed by atoms with E-state index in [-0.39, 0.29) is 0 Å². The molecule has 4 heteroatoms. The number of pyridine rings is 2. The van der Waals surface area contributed by atoms with Crippen molar-refractivity contribution in [2.24, 2.45) is 0 Å². The first-order chi connectivity index (χ1) is 12.7. The molecule has 0 fully saturated rings. The van der Waals surface area contributed by atoms with Crippen LogP contribution in [0.3, 0.4) is 0 Å². The van der Waals surface area contributed by atoms with E-state index in [1.165, 1.54) is 11.4 Å². The van der Waals surface area contributed by atoms with Gasteiger partial charge < -0.3 is 9.80 Å². The molecule has 0 spiro atoms. The van der Waals surface area contributed by atoms with Gasteiger partial charge in [0.25, 0.3) is 0 Å². The smallest absolute Gasteiger partial charge is 0.0907 e. The Hall–Kier alpha value is -2.10. The van der Waals surface area contributed by atoms with Crippen molar-refractivity contribution in [2.75, 3.05) is 36.0 Å². The zero-order valence-corrected chi connectivity index (χ0v) is 16.9. The van der Waals surface area contributed by atoms with Gasteiger partial charge in [-0.3, -0.25) is 9.97 Å². The van der Waals surface area contributed by atoms with Crippen LogP contribution in [-0.2, 0) is 0 Å². The number of nitrogens with zero attached hydrogens (tertiary/aromatic N) is 4. The lowest BCUT2D eigenvalue weighted by Crippen LogP contribution is -2.25. The van der Waals surface area contributed by atoms with Crippen LogP contribution in [0.25, 0.3) is 11.4 Å². The Morgan fingerprint density at radius 3 is 1.27 bits per heavy atom. The van der Waals surface area contributed by atoms with Gasteiger partial charge in [0.2, 0.25) is 0 Å². The molecule has 0 aliphatic heterocycles. The fourth-order valence-corrected chi connectivity index (χ4v) is 3.33. The van der Waals surface area contributed by atoms with Gasteiger partial charge in [-0.05, 0) is 49.9 Å². The second kappa shape index (κ2) is 10.8. The summed E-state index contributed by atoms with van der Waals surface area (Å²) in [5, 5.41) is 0. The molecule has 2 heterocycles. The molecule has 0 bridgehead atoms. The van der Waals surface area contributed by atoms with Crippen LogP contribution in [0.15, 0.2) is 36.7 Å². The van der Waals surface area contributed by atoms with Gasteiger partial charge in [0.05, 0.1) is 11.4 Å². The Bertz CT molecular complexity index is 587. The lowest BCUT2D eigenvalue weighted by molar-refractivity contribution is 0.744. The molecule has 0 saturated heterocycles. The molecule has 0 radical (unpaired) electrons. The van der Waals surface area contributed by atoms with Crippen LogP contribution in [0.2, 0.25) is 0 Å². The normalized spacial score (nSPS) is 10.8. The summed E-state index contributed by atoms with van der Waals surface area (Å²) in [4.78, 5) is 14.1. The SMILES string of the molecule is CCCN(CCC)c1ccnc(-c2cc(N(CCC)CCC)ccn2)c1. The quantitative estimate of drug-likeness (QED) is 0.541. The van der Waals surface area contributed by atoms with Gasteiger partial charge >= 0.3 is 0 Å². The summed E-state index contributed by atoms with van der Waals surface area (Å²) in [6.07, 6.45) is 8.41. The van der Waals surface area contributed by atoms with Crippen LogP contribution in [-0.4, -0.2) is 36.1 Å². The predicted molar refractivity (Wildman–Crippen MR) is 113 cm³/mol. The molecule has 0 aliphatic carbocycles. The summed E-state index contributed by atoms with van der Waals surface area (Å²) in [7, 11) is 0. The van der Waals surface area contributed by atoms with Crippen molar-refractivity contribution in [1.29, 1.82) is 0 Å². The van der Waals surface area contributed by atoms with Crippen LogP contribution >= 0.6 is 0 Å². The molecule has 0 aromatic carbocycles. The van der Waals surface area contributed by atoms with E-state index in [4.69, 9.17) is 0 Å². The Balaban J connectivity index is 2.30. The molecule has 142 valence electrons. The molecule has 0 N–H and O–H groups in total. The minimum atomic E-state index is 0.953. The first-order valence-corrected chi connectivity index (χ1v) is 10.2. The molecule has 0 atom stereocenters. The molecule has 2 aromatic rings. The van der Waals surface area contributed by atoms with E-state index in [9.17, 15) is 0 Å². The molecule has 2 aromatic heterocycles. The highest BCUT2D eigenvalue weighted by Crippen LogP contribution is 2.25. The monoisotopic (exact) mass is 354 g/mol. The summed E-state index contributed by atoms with van der Waals surface area (Å²) >= 11 is 0. The molecule has 4 nitrogen and oxygen atoms in total. The standard InChI is InChI=1S/C22H34N4/c1-5-13-25(14-6-2)19-9-11-23-21(17-19)22-18-20(10-12-24-22)26(15-7-3)16-8-4/h9-12,17-18H,5-8,13-16H2,1-4H3. The average Bonchev–Trinajstić information content (AvgIpc) is 2.68. The first kappa shape index (κ1) is 20.2. The third-order valence-corrected chi connectivity index (χ3v) is 4.45. The van der Waals surface area contributed by atoms with Crippen LogP contribution in [0.5, 0.6) is 0 Å². The Morgan fingerprint density at radius 2 is 0.962 bits per heavy atom. The average molecular weight is 355 g/mol. The minimum absolute atomic E-state index is 0.953. The topological polar surface area (TPSA) is 32.3 Å². The largest absolute Gasteiger partial charge is 0.371 e. The van der Waals surface area contributed by atoms with Gasteiger partial charge in [-0.2, -0.15) is 0 Å². The van der Waals surface area contributed by atoms with E-state index in [1.807, 2.05) is 12.4 Å². The van der Waals surface area contributed by atoms with Crippen LogP contribution in [0.4, 0.5) is 11.4 Å². The molecule has 0 amide bonds. The minimum Gasteiger partial charge on any atom is -0.371 e. The van der Waals surface area contributed by atoms with Gasteiger partial charge in [0.1, 0.15) is 0 Å². The van der Waals surface area contributed by atoms with Crippen molar-refractivity contribution in [1.82, 2.24) is 9.97 Å². The van der Waals surface area contributed by atoms with Crippen LogP contribution in [0.1, 0.15) is 53.4 Å². The fourth-order valence-electron chi connectivity index (χ4n) is 3.33. The molecule has 0 aliphatic rings. The number of hydrogen-bond acceptors (Lipinski definition) is 4. The van der Waals surface area contributed by atoms with Gasteiger partial charge in [0.15, 0.2) is 0 Å². The molecule has 2 rings (SSSR count). The second-order valence-corrected chi connectivity index (χ2v) is 6.77. The summed E-state index contributed by atoms with van der Waals surface area (Å²) in [5.74, 6) is 0. The van der Waals surface area contributed by atoms with Gasteiger partial charge in [-0.25, -0.2) is 0 Å². The first-order valence-electron chi connectivity index (χ1n) is 10.2. The summed E-state index contributed by atoms with van der Waals surface area (Å²) < 4.78 is 0. The van der Waals surface area contributed by atoms with E-state index in [1.54, 1.807) is 0 Å². The summed E-state index contributed by atoms with van der Waals surface area (Å²) in [6, 6.07) is 8.58. The van der Waals surface area contributed by atoms with Crippen molar-refractivity contribution in [3.63, 3.8) is 0 Å². The molecule has 0 unspecified atom stereocenters. The lowest BCUT2D eigenvalue weighted by Gasteiger charge is -2.25. The summed E-state index contributed by atoms with van der Waals surface area (Å²) in [5.41, 5.74) is 4.39. The zero-order chi connectivity index (χ0) is 18.8. The Kier molecular flexibility index (Phi) is 8.39. The van der Waals surface area contributed by atoms with Crippen molar-refractivity contribution in [2.45, 2.75) is 53.4 Å². The maximum atomic E-state index is 4.60. The van der Waals surface area contributed by atoms with Crippen molar-refractivity contribution < 1.29 is 0 Å². The van der Waals surface area contributed by atoms with Crippen LogP contribution in [0, 0.1) is 0 Å². The third kappa shape index (κ3) is 5.45. The van der Waals surface area contributed by atoms with Crippen molar-refractivity contribution in [3.8, 4) is 11.4 Å². The predicted octanol–water partition coefficient (Wildman–Crippen LogP) is 5.40. The number of hydrogen-bond donors (Lipinski definition) is 0. The number of aromatic nitrogens is 2. The number of rotatable bonds is 11. The van der Waals surface area contributed by atoms with Gasteiger partial charge in [-0.15, -0.1) is 0 Å². The summed E-state index contributed by atoms with van der Waals surface area (Å²) in [6.45, 7) is 13.2. The van der Waals surface area contributed by atoms with Crippen molar-refractivity contribution >= 4 is 11.4 Å². The molecular weight excluding hydrogens is 320 g/mol. The van der Waals surface area contributed by atoms with E-state index in [0.29, 0.717) is 0 Å². The Labute approximate surface area is 159 Å². The van der Waals surface area contributed by atoms with E-state index in [0.717, 1.165) is 63.3 Å². The van der Waals surface area contributed by atoms with Gasteiger partial charge in [0, 0.05) is 49.9 Å². The molecule has 26 heavy (non-hydrogen) atoms. The van der Waals surface area contributed by atoms with E-state index < -0.39 is 0 Å². The van der Waals surface area contributed by atoms with Crippen molar-refractivity contribution in [3.05, 3.63) is 36.7 Å². The maximum absolute atomic E-state index is 4.60.